The molecular formula is C13H18N4Se. The summed E-state index contributed by atoms with van der Waals surface area (Å²) >= 11 is 0.0416. The Balaban J connectivity index is 1.84. The Morgan fingerprint density at radius 3 is 3.06 bits per heavy atom. The number of anilines is 1. The Labute approximate surface area is 113 Å². The van der Waals surface area contributed by atoms with Gasteiger partial charge < -0.3 is 0 Å². The van der Waals surface area contributed by atoms with Crippen molar-refractivity contribution in [2.75, 3.05) is 11.9 Å². The molecule has 3 rings (SSSR count). The third-order valence-corrected chi connectivity index (χ3v) is 4.98. The fraction of sp³-hybridized carbons (Fsp3) is 0.538. The van der Waals surface area contributed by atoms with Crippen molar-refractivity contribution in [3.05, 3.63) is 18.2 Å². The molecule has 2 unspecified atom stereocenters. The van der Waals surface area contributed by atoms with Crippen LogP contribution in [0.1, 0.15) is 25.7 Å². The van der Waals surface area contributed by atoms with Crippen molar-refractivity contribution in [2.45, 2.75) is 31.7 Å². The van der Waals surface area contributed by atoms with Gasteiger partial charge >= 0.3 is 113 Å². The minimum absolute atomic E-state index is 0.0416. The molecule has 4 nitrogen and oxygen atoms in total. The van der Waals surface area contributed by atoms with E-state index >= 15 is 0 Å². The van der Waals surface area contributed by atoms with Crippen LogP contribution in [0.4, 0.5) is 5.69 Å². The quantitative estimate of drug-likeness (QED) is 0.846. The van der Waals surface area contributed by atoms with Crippen molar-refractivity contribution >= 4 is 31.7 Å². The Morgan fingerprint density at radius 2 is 2.17 bits per heavy atom. The molecule has 3 N–H and O–H groups in total. The van der Waals surface area contributed by atoms with Crippen LogP contribution in [0.3, 0.4) is 0 Å². The van der Waals surface area contributed by atoms with Crippen LogP contribution < -0.4 is 11.1 Å². The van der Waals surface area contributed by atoms with E-state index in [2.05, 4.69) is 25.4 Å². The second-order valence-corrected chi connectivity index (χ2v) is 6.08. The summed E-state index contributed by atoms with van der Waals surface area (Å²) in [5.74, 6) is 0.596. The van der Waals surface area contributed by atoms with Gasteiger partial charge in [0, 0.05) is 0 Å². The van der Waals surface area contributed by atoms with Crippen LogP contribution in [-0.4, -0.2) is 35.5 Å². The Morgan fingerprint density at radius 1 is 1.28 bits per heavy atom. The van der Waals surface area contributed by atoms with E-state index in [4.69, 9.17) is 5.73 Å². The topological polar surface area (TPSA) is 63.8 Å². The van der Waals surface area contributed by atoms with Gasteiger partial charge in [-0.05, 0) is 0 Å². The van der Waals surface area contributed by atoms with E-state index in [0.717, 1.165) is 23.3 Å². The second kappa shape index (κ2) is 5.39. The standard InChI is InChI=1S/C13H18N4Se/c14-8-9-4-1-2-5-10(9)15-11-6-3-7-12-13(11)17-18-16-12/h3,6-7,9-10,15H,1-2,4-5,8,14H2. The van der Waals surface area contributed by atoms with Gasteiger partial charge in [0.1, 0.15) is 0 Å². The first-order valence-corrected chi connectivity index (χ1v) is 8.09. The SMILES string of the molecule is NCC1CCCCC1Nc1cccc2n[se]nc12. The molecule has 1 aliphatic carbocycles. The third kappa shape index (κ3) is 2.30. The molecule has 0 aliphatic heterocycles. The summed E-state index contributed by atoms with van der Waals surface area (Å²) in [7, 11) is 0. The maximum atomic E-state index is 5.88. The van der Waals surface area contributed by atoms with Gasteiger partial charge in [0.05, 0.1) is 0 Å². The molecule has 2 aromatic rings. The Kier molecular flexibility index (Phi) is 3.64. The van der Waals surface area contributed by atoms with Gasteiger partial charge in [-0.2, -0.15) is 0 Å². The zero-order valence-electron chi connectivity index (χ0n) is 10.3. The zero-order chi connectivity index (χ0) is 12.4. The molecule has 1 aromatic heterocycles. The van der Waals surface area contributed by atoms with Gasteiger partial charge in [0.2, 0.25) is 0 Å². The molecule has 0 saturated heterocycles. The van der Waals surface area contributed by atoms with Crippen LogP contribution >= 0.6 is 0 Å². The first-order chi connectivity index (χ1) is 8.88. The molecule has 0 radical (unpaired) electrons. The van der Waals surface area contributed by atoms with Crippen LogP contribution in [0.2, 0.25) is 0 Å². The van der Waals surface area contributed by atoms with Crippen LogP contribution in [0, 0.1) is 5.92 Å². The predicted octanol–water partition coefficient (Wildman–Crippen LogP) is 1.62. The molecule has 1 heterocycles. The summed E-state index contributed by atoms with van der Waals surface area (Å²) in [4.78, 5) is 0. The molecule has 2 atom stereocenters. The summed E-state index contributed by atoms with van der Waals surface area (Å²) in [6, 6.07) is 6.71. The number of hydrogen-bond acceptors (Lipinski definition) is 4. The number of nitrogens with two attached hydrogens (primary N) is 1. The maximum absolute atomic E-state index is 5.88. The average molecular weight is 309 g/mol. The molecule has 0 amide bonds. The van der Waals surface area contributed by atoms with Crippen molar-refractivity contribution in [1.82, 2.24) is 7.96 Å². The molecule has 0 bridgehead atoms. The fourth-order valence-corrected chi connectivity index (χ4v) is 3.96. The van der Waals surface area contributed by atoms with Gasteiger partial charge in [-0.3, -0.25) is 0 Å². The van der Waals surface area contributed by atoms with E-state index in [0.29, 0.717) is 12.0 Å². The number of nitrogens with one attached hydrogen (secondary N) is 1. The number of aromatic nitrogens is 2. The van der Waals surface area contributed by atoms with Crippen LogP contribution in [0.5, 0.6) is 0 Å². The summed E-state index contributed by atoms with van der Waals surface area (Å²) in [6.07, 6.45) is 5.08. The Hall–Kier alpha value is -0.901. The third-order valence-electron chi connectivity index (χ3n) is 3.84. The molecule has 1 aliphatic rings. The second-order valence-electron chi connectivity index (χ2n) is 4.97. The number of benzene rings is 1. The predicted molar refractivity (Wildman–Crippen MR) is 74.9 cm³/mol. The van der Waals surface area contributed by atoms with Gasteiger partial charge in [-0.25, -0.2) is 0 Å². The van der Waals surface area contributed by atoms with Crippen molar-refractivity contribution in [2.24, 2.45) is 11.7 Å². The molecule has 5 heteroatoms. The number of rotatable bonds is 3. The monoisotopic (exact) mass is 310 g/mol. The minimum atomic E-state index is 0.0416. The summed E-state index contributed by atoms with van der Waals surface area (Å²) in [5.41, 5.74) is 9.12. The van der Waals surface area contributed by atoms with Crippen molar-refractivity contribution in [1.29, 1.82) is 0 Å². The Bertz CT molecular complexity index is 524. The average Bonchev–Trinajstić information content (AvgIpc) is 2.89. The van der Waals surface area contributed by atoms with Crippen molar-refractivity contribution in [3.8, 4) is 0 Å². The molecule has 1 aromatic carbocycles. The molecule has 0 spiro atoms. The van der Waals surface area contributed by atoms with E-state index in [1.54, 1.807) is 0 Å². The molecule has 18 heavy (non-hydrogen) atoms. The van der Waals surface area contributed by atoms with Crippen LogP contribution in [-0.2, 0) is 0 Å². The van der Waals surface area contributed by atoms with Gasteiger partial charge in [-0.1, -0.05) is 0 Å². The van der Waals surface area contributed by atoms with E-state index in [9.17, 15) is 0 Å². The number of fused-ring (bicyclic) bond motifs is 1. The van der Waals surface area contributed by atoms with E-state index in [1.165, 1.54) is 25.7 Å². The van der Waals surface area contributed by atoms with Crippen molar-refractivity contribution in [3.63, 3.8) is 0 Å². The summed E-state index contributed by atoms with van der Waals surface area (Å²) < 4.78 is 8.94. The summed E-state index contributed by atoms with van der Waals surface area (Å²) in [6.45, 7) is 0.776. The fourth-order valence-electron chi connectivity index (χ4n) is 2.80. The summed E-state index contributed by atoms with van der Waals surface area (Å²) in [5, 5.41) is 3.66. The molecule has 1 saturated carbocycles. The molecule has 1 fully saturated rings. The first-order valence-electron chi connectivity index (χ1n) is 6.56. The van der Waals surface area contributed by atoms with Crippen LogP contribution in [0.25, 0.3) is 11.0 Å². The van der Waals surface area contributed by atoms with Gasteiger partial charge in [-0.15, -0.1) is 0 Å². The zero-order valence-corrected chi connectivity index (χ0v) is 12.0. The van der Waals surface area contributed by atoms with Gasteiger partial charge in [0.25, 0.3) is 0 Å². The molecular weight excluding hydrogens is 291 g/mol. The molecule has 96 valence electrons. The van der Waals surface area contributed by atoms with Gasteiger partial charge in [0.15, 0.2) is 0 Å². The van der Waals surface area contributed by atoms with Crippen molar-refractivity contribution < 1.29 is 0 Å². The van der Waals surface area contributed by atoms with E-state index < -0.39 is 0 Å². The van der Waals surface area contributed by atoms with E-state index in [1.807, 2.05) is 6.07 Å². The number of hydrogen-bond donors (Lipinski definition) is 2. The first kappa shape index (κ1) is 12.1. The number of nitrogens with zero attached hydrogens (tertiary/aromatic N) is 2. The normalized spacial score (nSPS) is 24.3. The van der Waals surface area contributed by atoms with Crippen LogP contribution in [0.15, 0.2) is 18.2 Å². The van der Waals surface area contributed by atoms with E-state index in [-0.39, 0.29) is 15.0 Å².